The minimum Gasteiger partial charge on any atom is -0.396 e. The third-order valence-electron chi connectivity index (χ3n) is 1.86. The lowest BCUT2D eigenvalue weighted by Gasteiger charge is -2.13. The second kappa shape index (κ2) is 9.01. The zero-order valence-electron chi connectivity index (χ0n) is 8.25. The van der Waals surface area contributed by atoms with Crippen LogP contribution in [0.25, 0.3) is 0 Å². The molecule has 0 aliphatic carbocycles. The molecule has 0 aliphatic rings. The van der Waals surface area contributed by atoms with Gasteiger partial charge in [0.25, 0.3) is 0 Å². The summed E-state index contributed by atoms with van der Waals surface area (Å²) in [6, 6.07) is 0. The minimum atomic E-state index is 0.254. The van der Waals surface area contributed by atoms with Gasteiger partial charge >= 0.3 is 0 Å². The second-order valence-corrected chi connectivity index (χ2v) is 3.14. The monoisotopic (exact) mass is 173 g/mol. The highest BCUT2D eigenvalue weighted by Crippen LogP contribution is 2.08. The van der Waals surface area contributed by atoms with Gasteiger partial charge in [-0.05, 0) is 12.8 Å². The Bertz CT molecular complexity index is 83.9. The Morgan fingerprint density at radius 3 is 2.75 bits per heavy atom. The van der Waals surface area contributed by atoms with Crippen LogP contribution in [0.2, 0.25) is 0 Å². The molecule has 0 bridgehead atoms. The number of ether oxygens (including phenoxy) is 1. The van der Waals surface area contributed by atoms with Crippen LogP contribution < -0.4 is 0 Å². The Kier molecular flexibility index (Phi) is 8.95. The average Bonchev–Trinajstić information content (AvgIpc) is 2.11. The fourth-order valence-electron chi connectivity index (χ4n) is 1.07. The molecule has 2 nitrogen and oxygen atoms in total. The molecule has 0 aromatic rings. The zero-order chi connectivity index (χ0) is 9.23. The smallest absolute Gasteiger partial charge is 0.0516 e. The maximum atomic E-state index is 8.96. The first kappa shape index (κ1) is 11.9. The SMILES string of the molecule is C[CH]COCC(CO)CCCC. The van der Waals surface area contributed by atoms with Crippen molar-refractivity contribution in [2.24, 2.45) is 5.92 Å². The van der Waals surface area contributed by atoms with Gasteiger partial charge in [-0.2, -0.15) is 0 Å². The summed E-state index contributed by atoms with van der Waals surface area (Å²) >= 11 is 0. The number of hydrogen-bond acceptors (Lipinski definition) is 2. The standard InChI is InChI=1S/C10H21O2/c1-3-5-6-10(8-11)9-12-7-4-2/h4,10-11H,3,5-9H2,1-2H3. The fourth-order valence-corrected chi connectivity index (χ4v) is 1.07. The molecule has 0 amide bonds. The highest BCUT2D eigenvalue weighted by atomic mass is 16.5. The van der Waals surface area contributed by atoms with Gasteiger partial charge < -0.3 is 9.84 Å². The molecular weight excluding hydrogens is 152 g/mol. The molecule has 0 spiro atoms. The van der Waals surface area contributed by atoms with Crippen LogP contribution in [0.5, 0.6) is 0 Å². The lowest BCUT2D eigenvalue weighted by molar-refractivity contribution is 0.0801. The van der Waals surface area contributed by atoms with E-state index in [4.69, 9.17) is 9.84 Å². The van der Waals surface area contributed by atoms with Crippen molar-refractivity contribution in [2.45, 2.75) is 33.1 Å². The predicted molar refractivity (Wildman–Crippen MR) is 50.9 cm³/mol. The van der Waals surface area contributed by atoms with E-state index in [9.17, 15) is 0 Å². The number of rotatable bonds is 8. The molecule has 0 fully saturated rings. The van der Waals surface area contributed by atoms with E-state index in [0.29, 0.717) is 19.1 Å². The van der Waals surface area contributed by atoms with E-state index in [0.717, 1.165) is 6.42 Å². The van der Waals surface area contributed by atoms with Crippen molar-refractivity contribution in [1.82, 2.24) is 0 Å². The van der Waals surface area contributed by atoms with E-state index < -0.39 is 0 Å². The Morgan fingerprint density at radius 2 is 2.25 bits per heavy atom. The van der Waals surface area contributed by atoms with Gasteiger partial charge in [0.1, 0.15) is 0 Å². The van der Waals surface area contributed by atoms with Crippen molar-refractivity contribution in [3.05, 3.63) is 6.42 Å². The lowest BCUT2D eigenvalue weighted by atomic mass is 10.0. The van der Waals surface area contributed by atoms with Crippen LogP contribution in [-0.4, -0.2) is 24.9 Å². The van der Waals surface area contributed by atoms with E-state index in [1.807, 2.05) is 13.3 Å². The maximum Gasteiger partial charge on any atom is 0.0516 e. The Morgan fingerprint density at radius 1 is 1.50 bits per heavy atom. The maximum absolute atomic E-state index is 8.96. The summed E-state index contributed by atoms with van der Waals surface area (Å²) in [5, 5.41) is 8.96. The van der Waals surface area contributed by atoms with Crippen LogP contribution >= 0.6 is 0 Å². The quantitative estimate of drug-likeness (QED) is 0.569. The number of hydrogen-bond donors (Lipinski definition) is 1. The van der Waals surface area contributed by atoms with Gasteiger partial charge in [-0.15, -0.1) is 0 Å². The summed E-state index contributed by atoms with van der Waals surface area (Å²) in [5.41, 5.74) is 0. The van der Waals surface area contributed by atoms with Crippen LogP contribution in [0.3, 0.4) is 0 Å². The van der Waals surface area contributed by atoms with Crippen LogP contribution in [0.15, 0.2) is 0 Å². The van der Waals surface area contributed by atoms with Gasteiger partial charge in [0, 0.05) is 19.1 Å². The summed E-state index contributed by atoms with van der Waals surface area (Å²) in [6.07, 6.45) is 5.44. The molecule has 1 radical (unpaired) electrons. The van der Waals surface area contributed by atoms with Crippen LogP contribution in [0, 0.1) is 12.3 Å². The molecule has 12 heavy (non-hydrogen) atoms. The van der Waals surface area contributed by atoms with Gasteiger partial charge in [0.05, 0.1) is 6.61 Å². The van der Waals surface area contributed by atoms with E-state index in [2.05, 4.69) is 6.92 Å². The predicted octanol–water partition coefficient (Wildman–Crippen LogP) is 2.03. The van der Waals surface area contributed by atoms with Gasteiger partial charge in [-0.1, -0.05) is 26.7 Å². The first-order valence-corrected chi connectivity index (χ1v) is 4.81. The summed E-state index contributed by atoms with van der Waals surface area (Å²) in [4.78, 5) is 0. The molecule has 0 rings (SSSR count). The van der Waals surface area contributed by atoms with Gasteiger partial charge in [0.15, 0.2) is 0 Å². The van der Waals surface area contributed by atoms with Crippen LogP contribution in [-0.2, 0) is 4.74 Å². The van der Waals surface area contributed by atoms with E-state index >= 15 is 0 Å². The third kappa shape index (κ3) is 6.62. The molecule has 0 saturated heterocycles. The number of aliphatic hydroxyl groups is 1. The van der Waals surface area contributed by atoms with Crippen molar-refractivity contribution in [1.29, 1.82) is 0 Å². The van der Waals surface area contributed by atoms with E-state index in [-0.39, 0.29) is 6.61 Å². The molecule has 1 atom stereocenters. The molecule has 2 heteroatoms. The normalized spacial score (nSPS) is 13.2. The average molecular weight is 173 g/mol. The lowest BCUT2D eigenvalue weighted by Crippen LogP contribution is -2.14. The van der Waals surface area contributed by atoms with E-state index in [1.54, 1.807) is 0 Å². The first-order valence-electron chi connectivity index (χ1n) is 4.81. The van der Waals surface area contributed by atoms with Gasteiger partial charge in [-0.3, -0.25) is 0 Å². The summed E-state index contributed by atoms with van der Waals surface area (Å²) in [7, 11) is 0. The third-order valence-corrected chi connectivity index (χ3v) is 1.86. The molecule has 0 aromatic heterocycles. The Labute approximate surface area is 75.9 Å². The van der Waals surface area contributed by atoms with Gasteiger partial charge in [-0.25, -0.2) is 0 Å². The Hall–Kier alpha value is -0.0800. The zero-order valence-corrected chi connectivity index (χ0v) is 8.25. The van der Waals surface area contributed by atoms with Crippen LogP contribution in [0.4, 0.5) is 0 Å². The molecule has 0 saturated carbocycles. The number of unbranched alkanes of at least 4 members (excludes halogenated alkanes) is 1. The Balaban J connectivity index is 3.26. The van der Waals surface area contributed by atoms with Crippen molar-refractivity contribution >= 4 is 0 Å². The van der Waals surface area contributed by atoms with E-state index in [1.165, 1.54) is 12.8 Å². The van der Waals surface area contributed by atoms with Gasteiger partial charge in [0.2, 0.25) is 0 Å². The molecular formula is C10H21O2. The molecule has 1 unspecified atom stereocenters. The second-order valence-electron chi connectivity index (χ2n) is 3.14. The molecule has 73 valence electrons. The first-order chi connectivity index (χ1) is 5.85. The molecule has 0 heterocycles. The molecule has 1 N–H and O–H groups in total. The molecule has 0 aliphatic heterocycles. The highest BCUT2D eigenvalue weighted by Gasteiger charge is 2.05. The van der Waals surface area contributed by atoms with Crippen molar-refractivity contribution in [2.75, 3.05) is 19.8 Å². The van der Waals surface area contributed by atoms with Crippen molar-refractivity contribution in [3.8, 4) is 0 Å². The highest BCUT2D eigenvalue weighted by molar-refractivity contribution is 4.58. The summed E-state index contributed by atoms with van der Waals surface area (Å²) in [5.74, 6) is 0.338. The van der Waals surface area contributed by atoms with Crippen LogP contribution in [0.1, 0.15) is 33.1 Å². The fraction of sp³-hybridized carbons (Fsp3) is 0.900. The summed E-state index contributed by atoms with van der Waals surface area (Å²) in [6.45, 7) is 5.78. The minimum absolute atomic E-state index is 0.254. The number of aliphatic hydroxyl groups excluding tert-OH is 1. The van der Waals surface area contributed by atoms with Crippen molar-refractivity contribution < 1.29 is 9.84 Å². The molecule has 0 aromatic carbocycles. The largest absolute Gasteiger partial charge is 0.396 e. The topological polar surface area (TPSA) is 29.5 Å². The van der Waals surface area contributed by atoms with Crippen molar-refractivity contribution in [3.63, 3.8) is 0 Å². The summed E-state index contributed by atoms with van der Waals surface area (Å²) < 4.78 is 5.32.